The minimum absolute atomic E-state index is 0.148. The Bertz CT molecular complexity index is 1090. The molecule has 1 aliphatic rings. The third kappa shape index (κ3) is 3.04. The van der Waals surface area contributed by atoms with Crippen LogP contribution in [0.5, 0.6) is 0 Å². The van der Waals surface area contributed by atoms with Crippen molar-refractivity contribution in [1.82, 2.24) is 14.6 Å². The quantitative estimate of drug-likeness (QED) is 0.574. The number of hydrogen-bond donors (Lipinski definition) is 2. The van der Waals surface area contributed by atoms with Gasteiger partial charge in [-0.25, -0.2) is 9.50 Å². The molecule has 2 aromatic heterocycles. The monoisotopic (exact) mass is 358 g/mol. The van der Waals surface area contributed by atoms with E-state index in [0.717, 1.165) is 48.4 Å². The van der Waals surface area contributed by atoms with Gasteiger partial charge in [0, 0.05) is 11.6 Å². The summed E-state index contributed by atoms with van der Waals surface area (Å²) in [5.41, 5.74) is 2.96. The number of imidazole rings is 1. The maximum Gasteiger partial charge on any atom is 0.154 e. The highest BCUT2D eigenvalue weighted by Crippen LogP contribution is 2.29. The van der Waals surface area contributed by atoms with Crippen LogP contribution in [0.1, 0.15) is 25.7 Å². The van der Waals surface area contributed by atoms with Gasteiger partial charge in [-0.05, 0) is 48.6 Å². The smallest absolute Gasteiger partial charge is 0.154 e. The van der Waals surface area contributed by atoms with Crippen molar-refractivity contribution in [3.8, 4) is 11.3 Å². The Kier molecular flexibility index (Phi) is 4.02. The summed E-state index contributed by atoms with van der Waals surface area (Å²) in [6.07, 6.45) is 5.40. The summed E-state index contributed by atoms with van der Waals surface area (Å²) in [5.74, 6) is 0.850. The van der Waals surface area contributed by atoms with E-state index in [1.807, 2.05) is 22.8 Å². The van der Waals surface area contributed by atoms with Crippen LogP contribution in [0.3, 0.4) is 0 Å². The van der Waals surface area contributed by atoms with E-state index in [2.05, 4.69) is 52.8 Å². The fraction of sp³-hybridized carbons (Fsp3) is 0.273. The number of fused-ring (bicyclic) bond motifs is 2. The van der Waals surface area contributed by atoms with Gasteiger partial charge in [-0.1, -0.05) is 42.5 Å². The van der Waals surface area contributed by atoms with Crippen LogP contribution in [0.25, 0.3) is 27.7 Å². The van der Waals surface area contributed by atoms with E-state index >= 15 is 0 Å². The third-order valence-corrected chi connectivity index (χ3v) is 5.48. The van der Waals surface area contributed by atoms with E-state index in [-0.39, 0.29) is 6.10 Å². The second-order valence-electron chi connectivity index (χ2n) is 7.31. The summed E-state index contributed by atoms with van der Waals surface area (Å²) in [6.45, 7) is 0. The van der Waals surface area contributed by atoms with E-state index in [9.17, 15) is 5.11 Å². The normalized spacial score (nSPS) is 20.2. The fourth-order valence-electron chi connectivity index (χ4n) is 4.01. The predicted octanol–water partition coefficient (Wildman–Crippen LogP) is 4.26. The predicted molar refractivity (Wildman–Crippen MR) is 108 cm³/mol. The average molecular weight is 358 g/mol. The lowest BCUT2D eigenvalue weighted by atomic mass is 9.93. The zero-order valence-electron chi connectivity index (χ0n) is 15.0. The molecular formula is C22H22N4O. The van der Waals surface area contributed by atoms with Crippen LogP contribution in [-0.4, -0.2) is 31.9 Å². The molecule has 0 saturated heterocycles. The largest absolute Gasteiger partial charge is 0.393 e. The van der Waals surface area contributed by atoms with Crippen molar-refractivity contribution >= 4 is 22.2 Å². The Morgan fingerprint density at radius 1 is 0.926 bits per heavy atom. The number of anilines is 1. The molecule has 1 aliphatic carbocycles. The number of aliphatic hydroxyl groups excluding tert-OH is 1. The van der Waals surface area contributed by atoms with Gasteiger partial charge in [0.1, 0.15) is 5.82 Å². The van der Waals surface area contributed by atoms with Gasteiger partial charge >= 0.3 is 0 Å². The topological polar surface area (TPSA) is 62.5 Å². The Morgan fingerprint density at radius 2 is 1.74 bits per heavy atom. The number of benzene rings is 2. The lowest BCUT2D eigenvalue weighted by Crippen LogP contribution is -2.28. The van der Waals surface area contributed by atoms with Gasteiger partial charge in [0.15, 0.2) is 5.65 Å². The van der Waals surface area contributed by atoms with Crippen molar-refractivity contribution in [3.63, 3.8) is 0 Å². The third-order valence-electron chi connectivity index (χ3n) is 5.48. The number of aliphatic hydroxyl groups is 1. The summed E-state index contributed by atoms with van der Waals surface area (Å²) < 4.78 is 1.92. The van der Waals surface area contributed by atoms with Crippen molar-refractivity contribution in [2.75, 3.05) is 5.32 Å². The number of nitrogens with zero attached hydrogens (tertiary/aromatic N) is 3. The van der Waals surface area contributed by atoms with Gasteiger partial charge in [0.25, 0.3) is 0 Å². The molecule has 5 nitrogen and oxygen atoms in total. The second-order valence-corrected chi connectivity index (χ2v) is 7.31. The molecule has 1 fully saturated rings. The van der Waals surface area contributed by atoms with Crippen LogP contribution in [0.2, 0.25) is 0 Å². The maximum absolute atomic E-state index is 9.70. The molecule has 2 aromatic carbocycles. The highest BCUT2D eigenvalue weighted by Gasteiger charge is 2.20. The zero-order chi connectivity index (χ0) is 18.2. The molecule has 136 valence electrons. The molecule has 5 heteroatoms. The van der Waals surface area contributed by atoms with Crippen molar-refractivity contribution in [2.45, 2.75) is 37.8 Å². The first-order valence-corrected chi connectivity index (χ1v) is 9.55. The van der Waals surface area contributed by atoms with Crippen LogP contribution >= 0.6 is 0 Å². The van der Waals surface area contributed by atoms with Gasteiger partial charge in [-0.2, -0.15) is 0 Å². The van der Waals surface area contributed by atoms with E-state index in [1.165, 1.54) is 10.8 Å². The first-order valence-electron chi connectivity index (χ1n) is 9.55. The van der Waals surface area contributed by atoms with Crippen molar-refractivity contribution in [2.24, 2.45) is 0 Å². The highest BCUT2D eigenvalue weighted by atomic mass is 16.3. The molecule has 27 heavy (non-hydrogen) atoms. The number of aromatic nitrogens is 3. The van der Waals surface area contributed by atoms with E-state index < -0.39 is 0 Å². The zero-order valence-corrected chi connectivity index (χ0v) is 15.0. The van der Waals surface area contributed by atoms with Gasteiger partial charge in [0.2, 0.25) is 0 Å². The Hall–Kier alpha value is -2.92. The molecule has 0 spiro atoms. The number of nitrogens with one attached hydrogen (secondary N) is 1. The summed E-state index contributed by atoms with van der Waals surface area (Å²) >= 11 is 0. The molecule has 0 atom stereocenters. The second kappa shape index (κ2) is 6.67. The summed E-state index contributed by atoms with van der Waals surface area (Å²) in [4.78, 5) is 4.54. The molecule has 0 amide bonds. The van der Waals surface area contributed by atoms with Crippen LogP contribution < -0.4 is 5.32 Å². The molecule has 0 radical (unpaired) electrons. The summed E-state index contributed by atoms with van der Waals surface area (Å²) in [7, 11) is 0. The maximum atomic E-state index is 9.70. The van der Waals surface area contributed by atoms with Crippen LogP contribution in [0.15, 0.2) is 60.8 Å². The molecule has 0 bridgehead atoms. The minimum atomic E-state index is -0.148. The van der Waals surface area contributed by atoms with Gasteiger partial charge in [-0.3, -0.25) is 0 Å². The van der Waals surface area contributed by atoms with Crippen LogP contribution in [0.4, 0.5) is 5.82 Å². The summed E-state index contributed by atoms with van der Waals surface area (Å²) in [5, 5.41) is 20.4. The standard InChI is InChI=1S/C22H22N4O/c27-17-10-8-16(9-11-17)24-21-12-13-22-23-14-20(26(22)25-21)19-7-3-5-15-4-1-2-6-18(15)19/h1-7,12-14,16-17,27H,8-11H2,(H,24,25). The fourth-order valence-corrected chi connectivity index (χ4v) is 4.01. The van der Waals surface area contributed by atoms with Crippen molar-refractivity contribution < 1.29 is 5.11 Å². The minimum Gasteiger partial charge on any atom is -0.393 e. The van der Waals surface area contributed by atoms with Gasteiger partial charge in [0.05, 0.1) is 18.0 Å². The Labute approximate surface area is 157 Å². The van der Waals surface area contributed by atoms with Gasteiger partial charge in [-0.15, -0.1) is 5.10 Å². The first kappa shape index (κ1) is 16.3. The lowest BCUT2D eigenvalue weighted by Gasteiger charge is -2.26. The Balaban J connectivity index is 1.54. The summed E-state index contributed by atoms with van der Waals surface area (Å²) in [6, 6.07) is 19.1. The SMILES string of the molecule is OC1CCC(Nc2ccc3ncc(-c4cccc5ccccc45)n3n2)CC1. The molecule has 0 aliphatic heterocycles. The molecular weight excluding hydrogens is 336 g/mol. The molecule has 5 rings (SSSR count). The molecule has 1 saturated carbocycles. The van der Waals surface area contributed by atoms with E-state index in [4.69, 9.17) is 5.10 Å². The van der Waals surface area contributed by atoms with Crippen molar-refractivity contribution in [3.05, 3.63) is 60.8 Å². The van der Waals surface area contributed by atoms with Crippen LogP contribution in [-0.2, 0) is 0 Å². The number of hydrogen-bond acceptors (Lipinski definition) is 4. The number of rotatable bonds is 3. The molecule has 2 N–H and O–H groups in total. The molecule has 0 unspecified atom stereocenters. The Morgan fingerprint density at radius 3 is 2.63 bits per heavy atom. The van der Waals surface area contributed by atoms with Crippen LogP contribution in [0, 0.1) is 0 Å². The van der Waals surface area contributed by atoms with Gasteiger partial charge < -0.3 is 10.4 Å². The average Bonchev–Trinajstić information content (AvgIpc) is 3.12. The molecule has 2 heterocycles. The van der Waals surface area contributed by atoms with E-state index in [1.54, 1.807) is 0 Å². The van der Waals surface area contributed by atoms with E-state index in [0.29, 0.717) is 6.04 Å². The highest BCUT2D eigenvalue weighted by molar-refractivity contribution is 5.96. The molecule has 4 aromatic rings. The van der Waals surface area contributed by atoms with Crippen molar-refractivity contribution in [1.29, 1.82) is 0 Å². The first-order chi connectivity index (χ1) is 13.3. The lowest BCUT2D eigenvalue weighted by molar-refractivity contribution is 0.126.